The highest BCUT2D eigenvalue weighted by Crippen LogP contribution is 2.36. The number of fused-ring (bicyclic) bond motifs is 1. The van der Waals surface area contributed by atoms with Crippen molar-refractivity contribution in [2.45, 2.75) is 19.6 Å². The zero-order valence-electron chi connectivity index (χ0n) is 14.7. The van der Waals surface area contributed by atoms with E-state index in [0.29, 0.717) is 16.6 Å². The smallest absolute Gasteiger partial charge is 0.350 e. The Kier molecular flexibility index (Phi) is 5.77. The van der Waals surface area contributed by atoms with E-state index in [-0.39, 0.29) is 15.8 Å². The number of hydrogen-bond acceptors (Lipinski definition) is 4. The number of esters is 1. The fourth-order valence-electron chi connectivity index (χ4n) is 2.68. The monoisotopic (exact) mass is 405 g/mol. The topological polar surface area (TPSA) is 46.6 Å². The van der Waals surface area contributed by atoms with E-state index in [1.165, 1.54) is 30.0 Å². The number of carbonyl (C=O) groups is 2. The minimum atomic E-state index is -0.968. The number of rotatable bonds is 5. The van der Waals surface area contributed by atoms with Crippen molar-refractivity contribution in [2.24, 2.45) is 0 Å². The maximum absolute atomic E-state index is 13.4. The first kappa shape index (κ1) is 19.3. The van der Waals surface area contributed by atoms with E-state index in [2.05, 4.69) is 0 Å². The minimum absolute atomic E-state index is 0.155. The third-order valence-corrected chi connectivity index (χ3v) is 5.68. The van der Waals surface area contributed by atoms with Crippen molar-refractivity contribution in [3.05, 3.63) is 69.8 Å². The number of amides is 1. The second kappa shape index (κ2) is 8.06. The summed E-state index contributed by atoms with van der Waals surface area (Å²) in [5, 5.41) is 0.785. The summed E-state index contributed by atoms with van der Waals surface area (Å²) in [7, 11) is 1.65. The second-order valence-corrected chi connectivity index (χ2v) is 7.54. The Morgan fingerprint density at radius 2 is 1.93 bits per heavy atom. The molecule has 0 aliphatic carbocycles. The number of halogens is 2. The lowest BCUT2D eigenvalue weighted by Gasteiger charge is -2.21. The van der Waals surface area contributed by atoms with Crippen LogP contribution < -0.4 is 0 Å². The molecule has 0 saturated heterocycles. The van der Waals surface area contributed by atoms with Gasteiger partial charge in [0.15, 0.2) is 6.10 Å². The van der Waals surface area contributed by atoms with Crippen molar-refractivity contribution in [2.75, 3.05) is 7.05 Å². The molecule has 0 unspecified atom stereocenters. The molecule has 3 aromatic rings. The number of carbonyl (C=O) groups excluding carboxylic acids is 2. The molecule has 2 aromatic carbocycles. The quantitative estimate of drug-likeness (QED) is 0.567. The first-order valence-electron chi connectivity index (χ1n) is 8.24. The summed E-state index contributed by atoms with van der Waals surface area (Å²) in [6.45, 7) is 1.92. The van der Waals surface area contributed by atoms with Gasteiger partial charge >= 0.3 is 5.97 Å². The molecule has 7 heteroatoms. The van der Waals surface area contributed by atoms with Crippen LogP contribution in [0.15, 0.2) is 48.5 Å². The van der Waals surface area contributed by atoms with Crippen LogP contribution in [-0.2, 0) is 16.1 Å². The van der Waals surface area contributed by atoms with Crippen molar-refractivity contribution < 1.29 is 18.7 Å². The van der Waals surface area contributed by atoms with Crippen LogP contribution in [-0.4, -0.2) is 29.9 Å². The molecular formula is C20H17ClFNO3S. The van der Waals surface area contributed by atoms with Gasteiger partial charge in [0, 0.05) is 23.7 Å². The summed E-state index contributed by atoms with van der Waals surface area (Å²) in [5.41, 5.74) is 0.974. The molecule has 3 rings (SSSR count). The Labute approximate surface area is 165 Å². The fraction of sp³-hybridized carbons (Fsp3) is 0.200. The predicted molar refractivity (Wildman–Crippen MR) is 105 cm³/mol. The van der Waals surface area contributed by atoms with Crippen LogP contribution in [0.5, 0.6) is 0 Å². The molecule has 27 heavy (non-hydrogen) atoms. The molecule has 0 radical (unpaired) electrons. The van der Waals surface area contributed by atoms with Gasteiger partial charge in [0.05, 0.1) is 5.02 Å². The van der Waals surface area contributed by atoms with Gasteiger partial charge in [-0.1, -0.05) is 41.9 Å². The second-order valence-electron chi connectivity index (χ2n) is 6.11. The van der Waals surface area contributed by atoms with Gasteiger partial charge in [0.1, 0.15) is 10.7 Å². The Morgan fingerprint density at radius 3 is 2.63 bits per heavy atom. The Bertz CT molecular complexity index is 990. The van der Waals surface area contributed by atoms with Gasteiger partial charge in [-0.3, -0.25) is 4.79 Å². The largest absolute Gasteiger partial charge is 0.448 e. The summed E-state index contributed by atoms with van der Waals surface area (Å²) in [6, 6.07) is 13.6. The lowest BCUT2D eigenvalue weighted by molar-refractivity contribution is -0.139. The number of likely N-dealkylation sites (N-methyl/N-ethyl adjacent to an activating group) is 1. The maximum Gasteiger partial charge on any atom is 0.350 e. The normalized spacial score (nSPS) is 12.0. The molecule has 1 aromatic heterocycles. The number of hydrogen-bond donors (Lipinski definition) is 0. The van der Waals surface area contributed by atoms with Crippen molar-refractivity contribution in [1.29, 1.82) is 0 Å². The SMILES string of the molecule is C[C@H](OC(=O)c1sc2cc(F)ccc2c1Cl)C(=O)N(C)Cc1ccccc1. The van der Waals surface area contributed by atoms with E-state index in [9.17, 15) is 14.0 Å². The van der Waals surface area contributed by atoms with Crippen LogP contribution in [0, 0.1) is 5.82 Å². The van der Waals surface area contributed by atoms with E-state index >= 15 is 0 Å². The van der Waals surface area contributed by atoms with E-state index < -0.39 is 17.9 Å². The van der Waals surface area contributed by atoms with Crippen LogP contribution in [0.25, 0.3) is 10.1 Å². The molecule has 1 atom stereocenters. The first-order chi connectivity index (χ1) is 12.9. The molecule has 0 fully saturated rings. The number of thiophene rings is 1. The number of benzene rings is 2. The molecule has 0 aliphatic heterocycles. The Hall–Kier alpha value is -2.44. The Morgan fingerprint density at radius 1 is 1.22 bits per heavy atom. The van der Waals surface area contributed by atoms with E-state index in [0.717, 1.165) is 16.9 Å². The third-order valence-electron chi connectivity index (χ3n) is 4.05. The van der Waals surface area contributed by atoms with Gasteiger partial charge in [-0.15, -0.1) is 11.3 Å². The van der Waals surface area contributed by atoms with Crippen LogP contribution in [0.3, 0.4) is 0 Å². The molecule has 0 spiro atoms. The van der Waals surface area contributed by atoms with Gasteiger partial charge in [0.25, 0.3) is 5.91 Å². The van der Waals surface area contributed by atoms with Crippen molar-refractivity contribution in [1.82, 2.24) is 4.90 Å². The standard InChI is InChI=1S/C20H17ClFNO3S/c1-12(19(24)23(2)11-13-6-4-3-5-7-13)26-20(25)18-17(21)15-9-8-14(22)10-16(15)27-18/h3-10,12H,11H2,1-2H3/t12-/m0/s1. The Balaban J connectivity index is 1.70. The minimum Gasteiger partial charge on any atom is -0.448 e. The molecule has 140 valence electrons. The predicted octanol–water partition coefficient (Wildman–Crippen LogP) is 4.90. The van der Waals surface area contributed by atoms with Crippen molar-refractivity contribution in [3.8, 4) is 0 Å². The lowest BCUT2D eigenvalue weighted by Crippen LogP contribution is -2.37. The fourth-order valence-corrected chi connectivity index (χ4v) is 4.10. The average Bonchev–Trinajstić information content (AvgIpc) is 2.97. The van der Waals surface area contributed by atoms with Crippen LogP contribution in [0.1, 0.15) is 22.2 Å². The van der Waals surface area contributed by atoms with Gasteiger partial charge in [-0.05, 0) is 30.7 Å². The summed E-state index contributed by atoms with van der Waals surface area (Å²) in [6.07, 6.45) is -0.968. The summed E-state index contributed by atoms with van der Waals surface area (Å²) in [5.74, 6) is -1.43. The van der Waals surface area contributed by atoms with Crippen LogP contribution in [0.2, 0.25) is 5.02 Å². The van der Waals surface area contributed by atoms with Gasteiger partial charge in [-0.2, -0.15) is 0 Å². The van der Waals surface area contributed by atoms with Gasteiger partial charge < -0.3 is 9.64 Å². The third kappa shape index (κ3) is 4.28. The molecule has 0 N–H and O–H groups in total. The van der Waals surface area contributed by atoms with E-state index in [4.69, 9.17) is 16.3 Å². The average molecular weight is 406 g/mol. The summed E-state index contributed by atoms with van der Waals surface area (Å²) < 4.78 is 19.2. The zero-order chi connectivity index (χ0) is 19.6. The molecule has 1 heterocycles. The van der Waals surface area contributed by atoms with Crippen LogP contribution >= 0.6 is 22.9 Å². The van der Waals surface area contributed by atoms with Crippen LogP contribution in [0.4, 0.5) is 4.39 Å². The highest BCUT2D eigenvalue weighted by Gasteiger charge is 2.25. The molecule has 4 nitrogen and oxygen atoms in total. The van der Waals surface area contributed by atoms with Crippen molar-refractivity contribution >= 4 is 44.9 Å². The molecule has 0 saturated carbocycles. The maximum atomic E-state index is 13.4. The van der Waals surface area contributed by atoms with Gasteiger partial charge in [0.2, 0.25) is 0 Å². The molecule has 1 amide bonds. The number of nitrogens with zero attached hydrogens (tertiary/aromatic N) is 1. The van der Waals surface area contributed by atoms with E-state index in [1.54, 1.807) is 7.05 Å². The highest BCUT2D eigenvalue weighted by molar-refractivity contribution is 7.21. The summed E-state index contributed by atoms with van der Waals surface area (Å²) in [4.78, 5) is 26.6. The van der Waals surface area contributed by atoms with Crippen molar-refractivity contribution in [3.63, 3.8) is 0 Å². The zero-order valence-corrected chi connectivity index (χ0v) is 16.3. The molecule has 0 bridgehead atoms. The highest BCUT2D eigenvalue weighted by atomic mass is 35.5. The van der Waals surface area contributed by atoms with E-state index in [1.807, 2.05) is 30.3 Å². The molecular weight excluding hydrogens is 389 g/mol. The summed E-state index contributed by atoms with van der Waals surface area (Å²) >= 11 is 7.27. The van der Waals surface area contributed by atoms with Gasteiger partial charge in [-0.25, -0.2) is 9.18 Å². The molecule has 0 aliphatic rings. The number of ether oxygens (including phenoxy) is 1. The first-order valence-corrected chi connectivity index (χ1v) is 9.43. The lowest BCUT2D eigenvalue weighted by atomic mass is 10.2.